The molecule has 0 radical (unpaired) electrons. The normalized spacial score (nSPS) is 3.60. The van der Waals surface area contributed by atoms with Crippen LogP contribution in [0.3, 0.4) is 0 Å². The molecule has 0 aromatic rings. The fraction of sp³-hybridized carbons (Fsp3) is 1.00. The molecule has 0 atom stereocenters. The Hall–Kier alpha value is 1.96. The molecule has 1 N–H and O–H groups in total. The second kappa shape index (κ2) is 16.7. The Balaban J connectivity index is -0.0000000200. The number of aliphatic hydroxyl groups excluding tert-OH is 1. The Morgan fingerprint density at radius 3 is 1.40 bits per heavy atom. The van der Waals surface area contributed by atoms with Crippen molar-refractivity contribution in [3.8, 4) is 0 Å². The molecular weight excluding hydrogens is 86.0 g/mol. The molecule has 0 rings (SSSR count). The molecule has 0 aliphatic rings. The van der Waals surface area contributed by atoms with Crippen LogP contribution in [0.1, 0.15) is 6.92 Å². The Labute approximate surface area is 76.7 Å². The third-order valence-corrected chi connectivity index (χ3v) is 0. The summed E-state index contributed by atoms with van der Waals surface area (Å²) in [5, 5.41) is 7.57. The van der Waals surface area contributed by atoms with E-state index in [1.165, 1.54) is 0 Å². The van der Waals surface area contributed by atoms with Crippen LogP contribution in [0.4, 0.5) is 0 Å². The zero-order chi connectivity index (χ0) is 2.71. The standard InChI is InChI=1S/C2H6O.2Na/c1-2-3;;/h3H,2H2,1H3;;/q;2*+1. The minimum absolute atomic E-state index is 0. The molecule has 0 aliphatic carbocycles. The first-order chi connectivity index (χ1) is 1.41. The van der Waals surface area contributed by atoms with Crippen LogP contribution < -0.4 is 59.1 Å². The molecule has 20 valence electrons. The van der Waals surface area contributed by atoms with Gasteiger partial charge in [0.2, 0.25) is 0 Å². The van der Waals surface area contributed by atoms with Crippen molar-refractivity contribution in [1.29, 1.82) is 0 Å². The Morgan fingerprint density at radius 1 is 1.40 bits per heavy atom. The summed E-state index contributed by atoms with van der Waals surface area (Å²) in [6.45, 7) is 1.93. The summed E-state index contributed by atoms with van der Waals surface area (Å²) in [5.74, 6) is 0. The van der Waals surface area contributed by atoms with Crippen molar-refractivity contribution in [2.75, 3.05) is 6.61 Å². The van der Waals surface area contributed by atoms with Crippen molar-refractivity contribution in [2.24, 2.45) is 0 Å². The van der Waals surface area contributed by atoms with Gasteiger partial charge in [0.15, 0.2) is 0 Å². The first-order valence-corrected chi connectivity index (χ1v) is 1.02. The molecule has 0 unspecified atom stereocenters. The van der Waals surface area contributed by atoms with Gasteiger partial charge in [0.1, 0.15) is 0 Å². The van der Waals surface area contributed by atoms with Gasteiger partial charge >= 0.3 is 59.1 Å². The maximum Gasteiger partial charge on any atom is 1.00 e. The summed E-state index contributed by atoms with van der Waals surface area (Å²) in [7, 11) is 0. The van der Waals surface area contributed by atoms with Gasteiger partial charge < -0.3 is 5.11 Å². The van der Waals surface area contributed by atoms with E-state index >= 15 is 0 Å². The summed E-state index contributed by atoms with van der Waals surface area (Å²) >= 11 is 0. The number of rotatable bonds is 0. The van der Waals surface area contributed by atoms with Gasteiger partial charge in [0, 0.05) is 6.61 Å². The number of hydrogen-bond acceptors (Lipinski definition) is 1. The molecule has 0 bridgehead atoms. The van der Waals surface area contributed by atoms with E-state index in [2.05, 4.69) is 0 Å². The summed E-state index contributed by atoms with van der Waals surface area (Å²) in [6.07, 6.45) is 0. The van der Waals surface area contributed by atoms with Crippen molar-refractivity contribution >= 4 is 0 Å². The van der Waals surface area contributed by atoms with Crippen molar-refractivity contribution in [3.63, 3.8) is 0 Å². The zero-order valence-corrected chi connectivity index (χ0v) is 8.15. The minimum Gasteiger partial charge on any atom is -0.397 e. The fourth-order valence-electron chi connectivity index (χ4n) is 0. The SMILES string of the molecule is CCO.[Na+].[Na+]. The van der Waals surface area contributed by atoms with E-state index in [4.69, 9.17) is 5.11 Å². The van der Waals surface area contributed by atoms with Crippen LogP contribution in [0, 0.1) is 0 Å². The molecule has 0 spiro atoms. The van der Waals surface area contributed by atoms with Crippen LogP contribution in [-0.2, 0) is 0 Å². The maximum atomic E-state index is 7.57. The smallest absolute Gasteiger partial charge is 0.397 e. The minimum atomic E-state index is 0. The summed E-state index contributed by atoms with van der Waals surface area (Å²) < 4.78 is 0. The average Bonchev–Trinajstić information content (AvgIpc) is 0.918. The topological polar surface area (TPSA) is 20.2 Å². The molecule has 0 aromatic carbocycles. The van der Waals surface area contributed by atoms with Crippen molar-refractivity contribution in [1.82, 2.24) is 0 Å². The van der Waals surface area contributed by atoms with Gasteiger partial charge in [-0.1, -0.05) is 0 Å². The third kappa shape index (κ3) is 24.3. The van der Waals surface area contributed by atoms with Gasteiger partial charge in [-0.15, -0.1) is 0 Å². The number of hydrogen-bond donors (Lipinski definition) is 1. The average molecular weight is 92.0 g/mol. The Kier molecular flexibility index (Phi) is 52.8. The first-order valence-electron chi connectivity index (χ1n) is 1.02. The zero-order valence-electron chi connectivity index (χ0n) is 4.15. The van der Waals surface area contributed by atoms with E-state index in [1.54, 1.807) is 6.92 Å². The van der Waals surface area contributed by atoms with E-state index in [1.807, 2.05) is 0 Å². The van der Waals surface area contributed by atoms with Crippen LogP contribution in [0.2, 0.25) is 0 Å². The van der Waals surface area contributed by atoms with Gasteiger partial charge in [0.25, 0.3) is 0 Å². The monoisotopic (exact) mass is 92.0 g/mol. The van der Waals surface area contributed by atoms with Crippen LogP contribution in [0.15, 0.2) is 0 Å². The van der Waals surface area contributed by atoms with E-state index < -0.39 is 0 Å². The molecule has 0 heterocycles. The first kappa shape index (κ1) is 15.8. The van der Waals surface area contributed by atoms with E-state index in [9.17, 15) is 0 Å². The Bertz CT molecular complexity index is 7.61. The van der Waals surface area contributed by atoms with E-state index in [0.717, 1.165) is 0 Å². The van der Waals surface area contributed by atoms with Crippen molar-refractivity contribution in [2.45, 2.75) is 6.92 Å². The molecule has 0 saturated heterocycles. The van der Waals surface area contributed by atoms with Gasteiger partial charge in [-0.05, 0) is 6.92 Å². The van der Waals surface area contributed by atoms with Crippen molar-refractivity contribution < 1.29 is 64.2 Å². The van der Waals surface area contributed by atoms with Crippen LogP contribution in [-0.4, -0.2) is 11.7 Å². The van der Waals surface area contributed by atoms with E-state index in [-0.39, 0.29) is 65.7 Å². The van der Waals surface area contributed by atoms with Gasteiger partial charge in [0.05, 0.1) is 0 Å². The summed E-state index contributed by atoms with van der Waals surface area (Å²) in [5.41, 5.74) is 0. The maximum absolute atomic E-state index is 7.57. The van der Waals surface area contributed by atoms with E-state index in [0.29, 0.717) is 0 Å². The second-order valence-corrected chi connectivity index (χ2v) is 0.316. The molecule has 0 aliphatic heterocycles. The van der Waals surface area contributed by atoms with Gasteiger partial charge in [-0.25, -0.2) is 0 Å². The predicted octanol–water partition coefficient (Wildman–Crippen LogP) is -5.99. The molecule has 0 amide bonds. The van der Waals surface area contributed by atoms with Crippen LogP contribution >= 0.6 is 0 Å². The van der Waals surface area contributed by atoms with Crippen LogP contribution in [0.25, 0.3) is 0 Å². The molecular formula is C2H6Na2O+2. The molecule has 0 saturated carbocycles. The summed E-state index contributed by atoms with van der Waals surface area (Å²) in [4.78, 5) is 0. The predicted molar refractivity (Wildman–Crippen MR) is 12.8 cm³/mol. The second-order valence-electron chi connectivity index (χ2n) is 0.316. The Morgan fingerprint density at radius 2 is 1.40 bits per heavy atom. The fourth-order valence-corrected chi connectivity index (χ4v) is 0. The molecule has 0 fully saturated rings. The van der Waals surface area contributed by atoms with Crippen molar-refractivity contribution in [3.05, 3.63) is 0 Å². The molecule has 0 aromatic heterocycles. The molecule has 5 heavy (non-hydrogen) atoms. The number of aliphatic hydroxyl groups is 1. The molecule has 3 heteroatoms. The quantitative estimate of drug-likeness (QED) is 0.295. The third-order valence-electron chi connectivity index (χ3n) is 0. The summed E-state index contributed by atoms with van der Waals surface area (Å²) in [6, 6.07) is 0. The largest absolute Gasteiger partial charge is 1.00 e. The van der Waals surface area contributed by atoms with Gasteiger partial charge in [-0.3, -0.25) is 0 Å². The molecule has 1 nitrogen and oxygen atoms in total. The van der Waals surface area contributed by atoms with Gasteiger partial charge in [-0.2, -0.15) is 0 Å². The van der Waals surface area contributed by atoms with Crippen LogP contribution in [0.5, 0.6) is 0 Å².